The van der Waals surface area contributed by atoms with E-state index >= 15 is 0 Å². The highest BCUT2D eigenvalue weighted by atomic mass is 32.2. The summed E-state index contributed by atoms with van der Waals surface area (Å²) < 4.78 is 0. The lowest BCUT2D eigenvalue weighted by Crippen LogP contribution is -3.08. The third-order valence-corrected chi connectivity index (χ3v) is 5.40. The topological polar surface area (TPSA) is 33.5 Å². The molecule has 3 rings (SSSR count). The second-order valence-corrected chi connectivity index (χ2v) is 7.38. The predicted octanol–water partition coefficient (Wildman–Crippen LogP) is 2.27. The fourth-order valence-corrected chi connectivity index (χ4v) is 3.78. The van der Waals surface area contributed by atoms with Crippen molar-refractivity contribution in [1.29, 1.82) is 0 Å². The maximum absolute atomic E-state index is 12.0. The molecule has 126 valence electrons. The van der Waals surface area contributed by atoms with Crippen LogP contribution in [-0.2, 0) is 17.9 Å². The van der Waals surface area contributed by atoms with E-state index in [0.29, 0.717) is 12.3 Å². The van der Waals surface area contributed by atoms with Gasteiger partial charge in [-0.1, -0.05) is 42.5 Å². The van der Waals surface area contributed by atoms with Crippen LogP contribution in [0, 0.1) is 0 Å². The molecule has 0 radical (unpaired) electrons. The van der Waals surface area contributed by atoms with Gasteiger partial charge in [0.1, 0.15) is 6.54 Å². The molecule has 4 heteroatoms. The summed E-state index contributed by atoms with van der Waals surface area (Å²) in [4.78, 5) is 14.8. The summed E-state index contributed by atoms with van der Waals surface area (Å²) in [5.41, 5.74) is 2.55. The summed E-state index contributed by atoms with van der Waals surface area (Å²) in [5, 5.41) is 3.00. The first-order chi connectivity index (χ1) is 11.8. The van der Waals surface area contributed by atoms with Crippen LogP contribution in [0.2, 0.25) is 0 Å². The van der Waals surface area contributed by atoms with Crippen molar-refractivity contribution in [3.8, 4) is 0 Å². The van der Waals surface area contributed by atoms with Crippen molar-refractivity contribution in [3.63, 3.8) is 0 Å². The van der Waals surface area contributed by atoms with E-state index in [9.17, 15) is 4.79 Å². The van der Waals surface area contributed by atoms with Crippen molar-refractivity contribution in [1.82, 2.24) is 5.32 Å². The molecule has 3 nitrogen and oxygen atoms in total. The van der Waals surface area contributed by atoms with Gasteiger partial charge in [0.25, 0.3) is 0 Å². The minimum atomic E-state index is 0.0782. The first-order valence-corrected chi connectivity index (χ1v) is 9.64. The molecule has 1 amide bonds. The third kappa shape index (κ3) is 5.39. The van der Waals surface area contributed by atoms with Crippen LogP contribution in [0.1, 0.15) is 24.0 Å². The molecule has 0 saturated carbocycles. The van der Waals surface area contributed by atoms with Crippen molar-refractivity contribution < 1.29 is 9.69 Å². The molecule has 1 aliphatic rings. The van der Waals surface area contributed by atoms with Crippen molar-refractivity contribution in [2.75, 3.05) is 18.8 Å². The van der Waals surface area contributed by atoms with E-state index in [0.717, 1.165) is 17.0 Å². The average molecular weight is 342 g/mol. The van der Waals surface area contributed by atoms with Gasteiger partial charge in [0.05, 0.1) is 18.8 Å². The first-order valence-electron chi connectivity index (χ1n) is 8.65. The van der Waals surface area contributed by atoms with Crippen molar-refractivity contribution in [2.45, 2.75) is 30.8 Å². The highest BCUT2D eigenvalue weighted by Crippen LogP contribution is 2.16. The van der Waals surface area contributed by atoms with E-state index in [-0.39, 0.29) is 5.91 Å². The number of hydrogen-bond acceptors (Lipinski definition) is 2. The predicted molar refractivity (Wildman–Crippen MR) is 99.1 cm³/mol. The van der Waals surface area contributed by atoms with E-state index in [1.807, 2.05) is 30.3 Å². The van der Waals surface area contributed by atoms with Crippen LogP contribution < -0.4 is 10.2 Å². The van der Waals surface area contributed by atoms with Gasteiger partial charge in [-0.2, -0.15) is 0 Å². The SMILES string of the molecule is O=C(CSc1ccccc1)NCc1ccc(C[NH+]2CCCC2)cc1. The Balaban J connectivity index is 1.40. The number of likely N-dealkylation sites (tertiary alicyclic amines) is 1. The van der Waals surface area contributed by atoms with Crippen molar-refractivity contribution >= 4 is 17.7 Å². The van der Waals surface area contributed by atoms with Crippen molar-refractivity contribution in [2.24, 2.45) is 0 Å². The summed E-state index contributed by atoms with van der Waals surface area (Å²) in [6.07, 6.45) is 2.72. The van der Waals surface area contributed by atoms with Crippen LogP contribution in [0.25, 0.3) is 0 Å². The van der Waals surface area contributed by atoms with Gasteiger partial charge in [0.15, 0.2) is 0 Å². The highest BCUT2D eigenvalue weighted by Gasteiger charge is 2.15. The van der Waals surface area contributed by atoms with Crippen LogP contribution in [0.4, 0.5) is 0 Å². The van der Waals surface area contributed by atoms with E-state index in [1.165, 1.54) is 31.5 Å². The van der Waals surface area contributed by atoms with Crippen LogP contribution in [0.15, 0.2) is 59.5 Å². The van der Waals surface area contributed by atoms with Gasteiger partial charge < -0.3 is 10.2 Å². The quantitative estimate of drug-likeness (QED) is 0.758. The number of rotatable bonds is 7. The molecule has 0 atom stereocenters. The minimum absolute atomic E-state index is 0.0782. The number of carbonyl (C=O) groups excluding carboxylic acids is 1. The molecule has 2 aromatic carbocycles. The van der Waals surface area contributed by atoms with Crippen LogP contribution in [0.5, 0.6) is 0 Å². The van der Waals surface area contributed by atoms with E-state index < -0.39 is 0 Å². The normalized spacial score (nSPS) is 14.7. The highest BCUT2D eigenvalue weighted by molar-refractivity contribution is 8.00. The van der Waals surface area contributed by atoms with Gasteiger partial charge in [-0.25, -0.2) is 0 Å². The second kappa shape index (κ2) is 8.90. The van der Waals surface area contributed by atoms with Crippen LogP contribution in [-0.4, -0.2) is 24.7 Å². The van der Waals surface area contributed by atoms with Gasteiger partial charge in [0, 0.05) is 29.8 Å². The lowest BCUT2D eigenvalue weighted by Gasteiger charge is -2.12. The van der Waals surface area contributed by atoms with Crippen molar-refractivity contribution in [3.05, 3.63) is 65.7 Å². The Morgan fingerprint density at radius 1 is 0.958 bits per heavy atom. The molecule has 0 aliphatic carbocycles. The first kappa shape index (κ1) is 17.1. The molecule has 1 heterocycles. The third-order valence-electron chi connectivity index (χ3n) is 4.39. The number of hydrogen-bond donors (Lipinski definition) is 2. The fraction of sp³-hybridized carbons (Fsp3) is 0.350. The summed E-state index contributed by atoms with van der Waals surface area (Å²) in [5.74, 6) is 0.537. The lowest BCUT2D eigenvalue weighted by atomic mass is 10.1. The molecule has 0 aromatic heterocycles. The smallest absolute Gasteiger partial charge is 0.230 e. The molecule has 24 heavy (non-hydrogen) atoms. The zero-order valence-electron chi connectivity index (χ0n) is 14.0. The number of carbonyl (C=O) groups is 1. The molecule has 2 N–H and O–H groups in total. The standard InChI is InChI=1S/C20H24N2OS/c23-20(16-24-19-6-2-1-3-7-19)21-14-17-8-10-18(11-9-17)15-22-12-4-5-13-22/h1-3,6-11H,4-5,12-16H2,(H,21,23)/p+1. The zero-order chi connectivity index (χ0) is 16.6. The van der Waals surface area contributed by atoms with Crippen LogP contribution in [0.3, 0.4) is 0 Å². The summed E-state index contributed by atoms with van der Waals surface area (Å²) in [7, 11) is 0. The Labute approximate surface area is 148 Å². The molecule has 0 spiro atoms. The zero-order valence-corrected chi connectivity index (χ0v) is 14.8. The average Bonchev–Trinajstić information content (AvgIpc) is 3.13. The van der Waals surface area contributed by atoms with Gasteiger partial charge in [-0.15, -0.1) is 11.8 Å². The van der Waals surface area contributed by atoms with Gasteiger partial charge in [-0.05, 0) is 17.7 Å². The summed E-state index contributed by atoms with van der Waals surface area (Å²) in [6, 6.07) is 18.7. The monoisotopic (exact) mass is 341 g/mol. The molecule has 1 saturated heterocycles. The van der Waals surface area contributed by atoms with Gasteiger partial charge in [0.2, 0.25) is 5.91 Å². The largest absolute Gasteiger partial charge is 0.351 e. The Morgan fingerprint density at radius 2 is 1.62 bits per heavy atom. The molecule has 2 aromatic rings. The Kier molecular flexibility index (Phi) is 6.33. The minimum Gasteiger partial charge on any atom is -0.351 e. The number of thioether (sulfide) groups is 1. The maximum atomic E-state index is 12.0. The lowest BCUT2D eigenvalue weighted by molar-refractivity contribution is -0.901. The van der Waals surface area contributed by atoms with E-state index in [4.69, 9.17) is 0 Å². The molecule has 1 fully saturated rings. The molecule has 0 bridgehead atoms. The molecular weight excluding hydrogens is 316 g/mol. The summed E-state index contributed by atoms with van der Waals surface area (Å²) >= 11 is 1.57. The maximum Gasteiger partial charge on any atom is 0.230 e. The number of nitrogens with one attached hydrogen (secondary N) is 2. The van der Waals surface area contributed by atoms with E-state index in [2.05, 4.69) is 29.6 Å². The molecular formula is C20H25N2OS+. The summed E-state index contributed by atoms with van der Waals surface area (Å²) in [6.45, 7) is 4.33. The van der Waals surface area contributed by atoms with Crippen LogP contribution >= 0.6 is 11.8 Å². The number of quaternary nitrogens is 1. The van der Waals surface area contributed by atoms with Gasteiger partial charge in [-0.3, -0.25) is 4.79 Å². The fourth-order valence-electron chi connectivity index (χ4n) is 3.03. The van der Waals surface area contributed by atoms with Gasteiger partial charge >= 0.3 is 0 Å². The Morgan fingerprint density at radius 3 is 2.33 bits per heavy atom. The second-order valence-electron chi connectivity index (χ2n) is 6.33. The number of benzene rings is 2. The van der Waals surface area contributed by atoms with E-state index in [1.54, 1.807) is 16.7 Å². The molecule has 1 aliphatic heterocycles. The Hall–Kier alpha value is -1.78. The Bertz CT molecular complexity index is 636. The number of amides is 1. The molecule has 0 unspecified atom stereocenters.